The summed E-state index contributed by atoms with van der Waals surface area (Å²) < 4.78 is 18.7. The standard InChI is InChI=1S/C18H19O2PS2/c1-3-15-22-21(19,20-4-2)23-18(16-11-7-5-8-12-16)17-13-9-6-10-14-17/h1,5-14,18H,4,15H2,2H3. The van der Waals surface area contributed by atoms with E-state index in [0.29, 0.717) is 12.4 Å². The highest BCUT2D eigenvalue weighted by Gasteiger charge is 2.30. The molecule has 5 heteroatoms. The molecule has 0 aliphatic rings. The minimum atomic E-state index is -2.93. The summed E-state index contributed by atoms with van der Waals surface area (Å²) in [6.07, 6.45) is 5.33. The molecule has 2 aromatic carbocycles. The van der Waals surface area contributed by atoms with E-state index in [1.807, 2.05) is 67.6 Å². The molecule has 2 nitrogen and oxygen atoms in total. The zero-order valence-corrected chi connectivity index (χ0v) is 15.5. The van der Waals surface area contributed by atoms with Crippen LogP contribution < -0.4 is 0 Å². The van der Waals surface area contributed by atoms with Gasteiger partial charge in [0.15, 0.2) is 0 Å². The van der Waals surface area contributed by atoms with E-state index in [-0.39, 0.29) is 5.25 Å². The summed E-state index contributed by atoms with van der Waals surface area (Å²) in [7, 11) is 0. The van der Waals surface area contributed by atoms with Crippen LogP contribution >= 0.6 is 28.5 Å². The quantitative estimate of drug-likeness (QED) is 0.424. The van der Waals surface area contributed by atoms with Crippen LogP contribution in [0.1, 0.15) is 23.3 Å². The van der Waals surface area contributed by atoms with Crippen LogP contribution in [0.4, 0.5) is 0 Å². The monoisotopic (exact) mass is 362 g/mol. The van der Waals surface area contributed by atoms with Crippen molar-refractivity contribution in [1.82, 2.24) is 0 Å². The minimum Gasteiger partial charge on any atom is -0.314 e. The average Bonchev–Trinajstić information content (AvgIpc) is 2.60. The first-order chi connectivity index (χ1) is 11.2. The Kier molecular flexibility index (Phi) is 7.33. The molecule has 0 bridgehead atoms. The summed E-state index contributed by atoms with van der Waals surface area (Å²) in [5.41, 5.74) is 2.20. The number of hydrogen-bond acceptors (Lipinski definition) is 4. The lowest BCUT2D eigenvalue weighted by Gasteiger charge is -2.23. The summed E-state index contributed by atoms with van der Waals surface area (Å²) in [5.74, 6) is -0.0245. The van der Waals surface area contributed by atoms with Crippen molar-refractivity contribution >= 4 is 28.5 Å². The number of hydrogen-bond donors (Lipinski definition) is 0. The van der Waals surface area contributed by atoms with Crippen molar-refractivity contribution in [2.24, 2.45) is 0 Å². The molecule has 2 rings (SSSR count). The average molecular weight is 362 g/mol. The fourth-order valence-corrected chi connectivity index (χ4v) is 8.85. The van der Waals surface area contributed by atoms with Gasteiger partial charge in [0.25, 0.3) is 0 Å². The van der Waals surface area contributed by atoms with Gasteiger partial charge in [0.05, 0.1) is 17.6 Å². The molecule has 1 unspecified atom stereocenters. The second-order valence-corrected chi connectivity index (χ2v) is 12.0. The Labute approximate surface area is 146 Å². The molecule has 2 aromatic rings. The zero-order valence-electron chi connectivity index (χ0n) is 12.9. The van der Waals surface area contributed by atoms with E-state index in [0.717, 1.165) is 11.1 Å². The van der Waals surface area contributed by atoms with Crippen LogP contribution in [0.5, 0.6) is 0 Å². The first-order valence-electron chi connectivity index (χ1n) is 7.29. The molecule has 0 aliphatic heterocycles. The van der Waals surface area contributed by atoms with Gasteiger partial charge in [0.2, 0.25) is 0 Å². The summed E-state index contributed by atoms with van der Waals surface area (Å²) in [6, 6.07) is 20.1. The van der Waals surface area contributed by atoms with Crippen molar-refractivity contribution in [3.63, 3.8) is 0 Å². The maximum absolute atomic E-state index is 13.1. The summed E-state index contributed by atoms with van der Waals surface area (Å²) in [6.45, 7) is 2.25. The first kappa shape index (κ1) is 18.2. The van der Waals surface area contributed by atoms with Crippen LogP contribution in [0.15, 0.2) is 60.7 Å². The van der Waals surface area contributed by atoms with E-state index in [9.17, 15) is 4.57 Å². The predicted molar refractivity (Wildman–Crippen MR) is 103 cm³/mol. The lowest BCUT2D eigenvalue weighted by molar-refractivity contribution is 0.357. The van der Waals surface area contributed by atoms with Crippen molar-refractivity contribution in [1.29, 1.82) is 0 Å². The number of terminal acetylenes is 1. The lowest BCUT2D eigenvalue weighted by Crippen LogP contribution is -1.97. The highest BCUT2D eigenvalue weighted by Crippen LogP contribution is 2.74. The normalized spacial score (nSPS) is 13.4. The van der Waals surface area contributed by atoms with Crippen LogP contribution in [0.3, 0.4) is 0 Å². The van der Waals surface area contributed by atoms with E-state index >= 15 is 0 Å². The highest BCUT2D eigenvalue weighted by atomic mass is 33.1. The fraction of sp³-hybridized carbons (Fsp3) is 0.222. The van der Waals surface area contributed by atoms with Crippen molar-refractivity contribution < 1.29 is 9.09 Å². The maximum atomic E-state index is 13.1. The minimum absolute atomic E-state index is 0.0555. The van der Waals surface area contributed by atoms with Gasteiger partial charge in [-0.3, -0.25) is 4.57 Å². The van der Waals surface area contributed by atoms with Crippen LogP contribution in [0, 0.1) is 12.3 Å². The first-order valence-corrected chi connectivity index (χ1v) is 12.0. The Bertz CT molecular complexity index is 644. The molecule has 0 amide bonds. The molecule has 0 aromatic heterocycles. The Morgan fingerprint density at radius 1 is 1.09 bits per heavy atom. The zero-order chi connectivity index (χ0) is 16.5. The van der Waals surface area contributed by atoms with Gasteiger partial charge < -0.3 is 4.52 Å². The predicted octanol–water partition coefficient (Wildman–Crippen LogP) is 6.02. The molecule has 0 aliphatic carbocycles. The molecule has 0 radical (unpaired) electrons. The molecular formula is C18H19O2PS2. The Balaban J connectivity index is 2.34. The Morgan fingerprint density at radius 2 is 1.61 bits per heavy atom. The van der Waals surface area contributed by atoms with Gasteiger partial charge in [-0.2, -0.15) is 0 Å². The van der Waals surface area contributed by atoms with Crippen molar-refractivity contribution in [2.45, 2.75) is 12.2 Å². The van der Waals surface area contributed by atoms with Gasteiger partial charge >= 0.3 is 5.77 Å². The van der Waals surface area contributed by atoms with Crippen LogP contribution in [0.2, 0.25) is 0 Å². The van der Waals surface area contributed by atoms with Crippen molar-refractivity contribution in [3.05, 3.63) is 71.8 Å². The molecule has 0 saturated carbocycles. The third-order valence-corrected chi connectivity index (χ3v) is 10.3. The Hall–Kier alpha value is -1.11. The molecule has 0 fully saturated rings. The summed E-state index contributed by atoms with van der Waals surface area (Å²) >= 11 is 2.59. The molecule has 23 heavy (non-hydrogen) atoms. The number of rotatable bonds is 8. The SMILES string of the molecule is C#CCSP(=O)(OCC)SC(c1ccccc1)c1ccccc1. The van der Waals surface area contributed by atoms with Gasteiger partial charge in [0, 0.05) is 0 Å². The third-order valence-electron chi connectivity index (χ3n) is 3.03. The van der Waals surface area contributed by atoms with E-state index in [2.05, 4.69) is 5.92 Å². The fourth-order valence-electron chi connectivity index (χ4n) is 2.07. The third kappa shape index (κ3) is 5.48. The van der Waals surface area contributed by atoms with Gasteiger partial charge in [-0.25, -0.2) is 0 Å². The van der Waals surface area contributed by atoms with Gasteiger partial charge in [-0.15, -0.1) is 6.42 Å². The second kappa shape index (κ2) is 9.25. The Morgan fingerprint density at radius 3 is 2.04 bits per heavy atom. The van der Waals surface area contributed by atoms with E-state index in [1.54, 1.807) is 0 Å². The molecule has 0 N–H and O–H groups in total. The van der Waals surface area contributed by atoms with Gasteiger partial charge in [-0.1, -0.05) is 66.6 Å². The van der Waals surface area contributed by atoms with E-state index in [1.165, 1.54) is 22.8 Å². The molecule has 0 saturated heterocycles. The number of benzene rings is 2. The molecule has 0 heterocycles. The molecular weight excluding hydrogens is 343 g/mol. The van der Waals surface area contributed by atoms with Crippen LogP contribution in [-0.2, 0) is 9.09 Å². The molecule has 120 valence electrons. The van der Waals surface area contributed by atoms with E-state index in [4.69, 9.17) is 10.9 Å². The largest absolute Gasteiger partial charge is 0.315 e. The smallest absolute Gasteiger partial charge is 0.314 e. The topological polar surface area (TPSA) is 26.3 Å². The van der Waals surface area contributed by atoms with Gasteiger partial charge in [-0.05, 0) is 40.8 Å². The maximum Gasteiger partial charge on any atom is 0.315 e. The van der Waals surface area contributed by atoms with Gasteiger partial charge in [0.1, 0.15) is 0 Å². The van der Waals surface area contributed by atoms with Crippen molar-refractivity contribution in [2.75, 3.05) is 12.4 Å². The van der Waals surface area contributed by atoms with Crippen LogP contribution in [-0.4, -0.2) is 12.4 Å². The summed E-state index contributed by atoms with van der Waals surface area (Å²) in [5, 5.41) is -0.0555. The molecule has 1 atom stereocenters. The lowest BCUT2D eigenvalue weighted by atomic mass is 10.0. The second-order valence-electron chi connectivity index (χ2n) is 4.65. The van der Waals surface area contributed by atoms with E-state index < -0.39 is 5.77 Å². The molecule has 0 spiro atoms. The summed E-state index contributed by atoms with van der Waals surface area (Å²) in [4.78, 5) is 0. The van der Waals surface area contributed by atoms with Crippen molar-refractivity contribution in [3.8, 4) is 12.3 Å². The van der Waals surface area contributed by atoms with Crippen LogP contribution in [0.25, 0.3) is 0 Å². The highest BCUT2D eigenvalue weighted by molar-refractivity contribution is 8.89.